The number of benzene rings is 1. The van der Waals surface area contributed by atoms with E-state index in [-0.39, 0.29) is 0 Å². The van der Waals surface area contributed by atoms with Crippen LogP contribution < -0.4 is 20.5 Å². The topological polar surface area (TPSA) is 68.9 Å². The molecule has 0 unspecified atom stereocenters. The second-order valence-electron chi connectivity index (χ2n) is 5.54. The predicted molar refractivity (Wildman–Crippen MR) is 96.5 cm³/mol. The third-order valence-electron chi connectivity index (χ3n) is 3.71. The molecule has 0 aliphatic rings. The fourth-order valence-corrected chi connectivity index (χ4v) is 2.37. The van der Waals surface area contributed by atoms with Gasteiger partial charge in [-0.1, -0.05) is 26.2 Å². The van der Waals surface area contributed by atoms with E-state index in [9.17, 15) is 0 Å². The van der Waals surface area contributed by atoms with Gasteiger partial charge in [0.1, 0.15) is 11.5 Å². The Bertz CT molecular complexity index is 475. The third-order valence-corrected chi connectivity index (χ3v) is 3.71. The number of nitrogens with two attached hydrogens (primary N) is 1. The van der Waals surface area contributed by atoms with E-state index in [0.29, 0.717) is 12.5 Å². The lowest BCUT2D eigenvalue weighted by molar-refractivity contribution is 0.398. The molecule has 0 radical (unpaired) electrons. The predicted octanol–water partition coefficient (Wildman–Crippen LogP) is 3.12. The Morgan fingerprint density at radius 1 is 1.13 bits per heavy atom. The number of ether oxygens (including phenoxy) is 2. The minimum atomic E-state index is 0.541. The molecular weight excluding hydrogens is 290 g/mol. The molecule has 23 heavy (non-hydrogen) atoms. The number of rotatable bonds is 11. The summed E-state index contributed by atoms with van der Waals surface area (Å²) in [4.78, 5) is 4.37. The van der Waals surface area contributed by atoms with Crippen LogP contribution in [0.5, 0.6) is 11.5 Å². The summed E-state index contributed by atoms with van der Waals surface area (Å²) < 4.78 is 10.6. The van der Waals surface area contributed by atoms with Gasteiger partial charge >= 0.3 is 0 Å². The number of nitrogens with one attached hydrogen (secondary N) is 1. The summed E-state index contributed by atoms with van der Waals surface area (Å²) in [7, 11) is 3.35. The average Bonchev–Trinajstić information content (AvgIpc) is 2.58. The van der Waals surface area contributed by atoms with Crippen molar-refractivity contribution in [1.82, 2.24) is 5.32 Å². The molecule has 130 valence electrons. The summed E-state index contributed by atoms with van der Waals surface area (Å²) in [5, 5.41) is 3.16. The highest BCUT2D eigenvalue weighted by atomic mass is 16.5. The van der Waals surface area contributed by atoms with Crippen molar-refractivity contribution in [3.63, 3.8) is 0 Å². The Balaban J connectivity index is 2.31. The smallest absolute Gasteiger partial charge is 0.188 e. The molecule has 0 atom stereocenters. The number of guanidine groups is 1. The molecule has 0 aromatic heterocycles. The monoisotopic (exact) mass is 321 g/mol. The van der Waals surface area contributed by atoms with Crippen LogP contribution in [0.1, 0.15) is 44.6 Å². The van der Waals surface area contributed by atoms with E-state index in [1.807, 2.05) is 18.2 Å². The van der Waals surface area contributed by atoms with Crippen LogP contribution in [0, 0.1) is 0 Å². The maximum atomic E-state index is 5.86. The Labute approximate surface area is 140 Å². The summed E-state index contributed by atoms with van der Waals surface area (Å²) in [6, 6.07) is 5.85. The van der Waals surface area contributed by atoms with Crippen LogP contribution in [0.4, 0.5) is 0 Å². The van der Waals surface area contributed by atoms with E-state index in [1.54, 1.807) is 14.2 Å². The number of hydrogen-bond donors (Lipinski definition) is 2. The van der Waals surface area contributed by atoms with Gasteiger partial charge in [-0.25, -0.2) is 0 Å². The molecule has 3 N–H and O–H groups in total. The van der Waals surface area contributed by atoms with Gasteiger partial charge in [0.15, 0.2) is 5.96 Å². The largest absolute Gasteiger partial charge is 0.497 e. The number of aryl methyl sites for hydroxylation is 1. The van der Waals surface area contributed by atoms with Gasteiger partial charge in [-0.05, 0) is 43.0 Å². The maximum absolute atomic E-state index is 5.86. The fraction of sp³-hybridized carbons (Fsp3) is 0.611. The van der Waals surface area contributed by atoms with Gasteiger partial charge in [0.25, 0.3) is 0 Å². The zero-order valence-electron chi connectivity index (χ0n) is 14.7. The SMILES string of the molecule is CCCCCCNC(N)=NCCCc1cc(OC)ccc1OC. The van der Waals surface area contributed by atoms with Gasteiger partial charge in [0.05, 0.1) is 14.2 Å². The molecule has 1 aromatic rings. The molecule has 5 heteroatoms. The van der Waals surface area contributed by atoms with Crippen LogP contribution >= 0.6 is 0 Å². The van der Waals surface area contributed by atoms with Gasteiger partial charge in [-0.15, -0.1) is 0 Å². The van der Waals surface area contributed by atoms with Crippen LogP contribution in [0.2, 0.25) is 0 Å². The maximum Gasteiger partial charge on any atom is 0.188 e. The van der Waals surface area contributed by atoms with Crippen molar-refractivity contribution in [2.45, 2.75) is 45.4 Å². The Hall–Kier alpha value is -1.91. The lowest BCUT2D eigenvalue weighted by Crippen LogP contribution is -2.32. The van der Waals surface area contributed by atoms with Crippen molar-refractivity contribution in [3.05, 3.63) is 23.8 Å². The van der Waals surface area contributed by atoms with Crippen molar-refractivity contribution >= 4 is 5.96 Å². The van der Waals surface area contributed by atoms with Gasteiger partial charge in [0, 0.05) is 13.1 Å². The highest BCUT2D eigenvalue weighted by molar-refractivity contribution is 5.77. The molecule has 1 rings (SSSR count). The van der Waals surface area contributed by atoms with E-state index >= 15 is 0 Å². The first-order chi connectivity index (χ1) is 11.2. The zero-order valence-corrected chi connectivity index (χ0v) is 14.7. The molecule has 1 aromatic carbocycles. The van der Waals surface area contributed by atoms with Crippen LogP contribution in [0.15, 0.2) is 23.2 Å². The summed E-state index contributed by atoms with van der Waals surface area (Å²) in [5.74, 6) is 2.27. The minimum Gasteiger partial charge on any atom is -0.497 e. The first-order valence-electron chi connectivity index (χ1n) is 8.46. The van der Waals surface area contributed by atoms with Gasteiger partial charge < -0.3 is 20.5 Å². The number of hydrogen-bond acceptors (Lipinski definition) is 3. The first-order valence-corrected chi connectivity index (χ1v) is 8.46. The van der Waals surface area contributed by atoms with Crippen LogP contribution in [-0.4, -0.2) is 33.3 Å². The quantitative estimate of drug-likeness (QED) is 0.373. The highest BCUT2D eigenvalue weighted by Gasteiger charge is 2.04. The van der Waals surface area contributed by atoms with Crippen molar-refractivity contribution < 1.29 is 9.47 Å². The van der Waals surface area contributed by atoms with Gasteiger partial charge in [-0.2, -0.15) is 0 Å². The first kappa shape index (κ1) is 19.1. The normalized spacial score (nSPS) is 11.3. The van der Waals surface area contributed by atoms with E-state index in [2.05, 4.69) is 17.2 Å². The number of nitrogens with zero attached hydrogens (tertiary/aromatic N) is 1. The highest BCUT2D eigenvalue weighted by Crippen LogP contribution is 2.24. The number of aliphatic imine (C=N–C) groups is 1. The molecule has 0 heterocycles. The molecule has 0 spiro atoms. The second kappa shape index (κ2) is 11.6. The molecule has 0 saturated carbocycles. The molecule has 0 bridgehead atoms. The van der Waals surface area contributed by atoms with Crippen molar-refractivity contribution in [3.8, 4) is 11.5 Å². The second-order valence-corrected chi connectivity index (χ2v) is 5.54. The summed E-state index contributed by atoms with van der Waals surface area (Å²) >= 11 is 0. The molecule has 0 aliphatic heterocycles. The van der Waals surface area contributed by atoms with Crippen molar-refractivity contribution in [2.24, 2.45) is 10.7 Å². The minimum absolute atomic E-state index is 0.541. The molecule has 5 nitrogen and oxygen atoms in total. The average molecular weight is 321 g/mol. The van der Waals surface area contributed by atoms with E-state index in [4.69, 9.17) is 15.2 Å². The van der Waals surface area contributed by atoms with E-state index < -0.39 is 0 Å². The standard InChI is InChI=1S/C18H31N3O2/c1-4-5-6-7-12-20-18(19)21-13-8-9-15-14-16(22-2)10-11-17(15)23-3/h10-11,14H,4-9,12-13H2,1-3H3,(H3,19,20,21). The Kier molecular flexibility index (Phi) is 9.68. The number of methoxy groups -OCH3 is 2. The number of unbranched alkanes of at least 4 members (excludes halogenated alkanes) is 3. The van der Waals surface area contributed by atoms with Crippen LogP contribution in [-0.2, 0) is 6.42 Å². The summed E-state index contributed by atoms with van der Waals surface area (Å²) in [6.45, 7) is 3.81. The molecule has 0 saturated heterocycles. The molecular formula is C18H31N3O2. The Morgan fingerprint density at radius 3 is 2.65 bits per heavy atom. The van der Waals surface area contributed by atoms with Gasteiger partial charge in [0.2, 0.25) is 0 Å². The molecule has 0 aliphatic carbocycles. The fourth-order valence-electron chi connectivity index (χ4n) is 2.37. The van der Waals surface area contributed by atoms with Crippen molar-refractivity contribution in [2.75, 3.05) is 27.3 Å². The lowest BCUT2D eigenvalue weighted by Gasteiger charge is -2.10. The van der Waals surface area contributed by atoms with E-state index in [0.717, 1.165) is 42.9 Å². The van der Waals surface area contributed by atoms with E-state index in [1.165, 1.54) is 19.3 Å². The van der Waals surface area contributed by atoms with Crippen LogP contribution in [0.25, 0.3) is 0 Å². The molecule has 0 fully saturated rings. The Morgan fingerprint density at radius 2 is 1.96 bits per heavy atom. The zero-order chi connectivity index (χ0) is 16.9. The lowest BCUT2D eigenvalue weighted by atomic mass is 10.1. The summed E-state index contributed by atoms with van der Waals surface area (Å²) in [6.07, 6.45) is 6.71. The van der Waals surface area contributed by atoms with Gasteiger partial charge in [-0.3, -0.25) is 4.99 Å². The summed E-state index contributed by atoms with van der Waals surface area (Å²) in [5.41, 5.74) is 7.00. The third kappa shape index (κ3) is 7.77. The van der Waals surface area contributed by atoms with Crippen molar-refractivity contribution in [1.29, 1.82) is 0 Å². The molecule has 0 amide bonds. The van der Waals surface area contributed by atoms with Crippen LogP contribution in [0.3, 0.4) is 0 Å².